The Balaban J connectivity index is 2.17. The van der Waals surface area contributed by atoms with Crippen molar-refractivity contribution in [1.82, 2.24) is 4.90 Å². The average Bonchev–Trinajstić information content (AvgIpc) is 2.39. The predicted molar refractivity (Wildman–Crippen MR) is 72.5 cm³/mol. The zero-order valence-electron chi connectivity index (χ0n) is 10.6. The number of halogens is 1. The fraction of sp³-hybridized carbons (Fsp3) is 0.462. The van der Waals surface area contributed by atoms with E-state index < -0.39 is 0 Å². The molecule has 1 aliphatic heterocycles. The smallest absolute Gasteiger partial charge is 0.337 e. The Morgan fingerprint density at radius 3 is 2.50 bits per heavy atom. The molecule has 1 aromatic rings. The Bertz CT molecular complexity index is 443. The number of ether oxygens (including phenoxy) is 1. The number of methoxy groups -OCH3 is 1. The Labute approximate surface area is 112 Å². The van der Waals surface area contributed by atoms with Crippen LogP contribution in [0.1, 0.15) is 10.4 Å². The van der Waals surface area contributed by atoms with Crippen LogP contribution in [0.25, 0.3) is 0 Å². The fourth-order valence-electron chi connectivity index (χ4n) is 2.06. The van der Waals surface area contributed by atoms with Crippen LogP contribution in [-0.4, -0.2) is 51.2 Å². The van der Waals surface area contributed by atoms with Crippen molar-refractivity contribution in [1.29, 1.82) is 0 Å². The van der Waals surface area contributed by atoms with Crippen LogP contribution in [0.15, 0.2) is 18.2 Å². The van der Waals surface area contributed by atoms with Gasteiger partial charge in [0.05, 0.1) is 23.4 Å². The van der Waals surface area contributed by atoms with Gasteiger partial charge < -0.3 is 14.5 Å². The maximum Gasteiger partial charge on any atom is 0.337 e. The first-order valence-corrected chi connectivity index (χ1v) is 6.31. The second kappa shape index (κ2) is 5.59. The second-order valence-electron chi connectivity index (χ2n) is 4.45. The van der Waals surface area contributed by atoms with E-state index >= 15 is 0 Å². The number of likely N-dealkylation sites (N-methyl/N-ethyl adjacent to an activating group) is 1. The summed E-state index contributed by atoms with van der Waals surface area (Å²) in [6.45, 7) is 3.95. The molecule has 5 heteroatoms. The zero-order chi connectivity index (χ0) is 13.1. The van der Waals surface area contributed by atoms with Crippen LogP contribution in [0, 0.1) is 0 Å². The topological polar surface area (TPSA) is 32.8 Å². The van der Waals surface area contributed by atoms with Gasteiger partial charge in [0, 0.05) is 26.2 Å². The van der Waals surface area contributed by atoms with Gasteiger partial charge in [0.2, 0.25) is 0 Å². The predicted octanol–water partition coefficient (Wildman–Crippen LogP) is 1.88. The van der Waals surface area contributed by atoms with Crippen molar-refractivity contribution in [2.75, 3.05) is 45.2 Å². The molecule has 0 aromatic heterocycles. The molecule has 0 saturated carbocycles. The van der Waals surface area contributed by atoms with E-state index in [9.17, 15) is 4.79 Å². The molecule has 0 N–H and O–H groups in total. The quantitative estimate of drug-likeness (QED) is 0.767. The highest BCUT2D eigenvalue weighted by Crippen LogP contribution is 2.27. The minimum atomic E-state index is -0.359. The van der Waals surface area contributed by atoms with E-state index in [-0.39, 0.29) is 5.97 Å². The molecule has 1 aromatic carbocycles. The molecule has 1 heterocycles. The Morgan fingerprint density at radius 2 is 1.94 bits per heavy atom. The van der Waals surface area contributed by atoms with Gasteiger partial charge in [-0.05, 0) is 25.2 Å². The van der Waals surface area contributed by atoms with E-state index in [1.165, 1.54) is 7.11 Å². The molecule has 4 nitrogen and oxygen atoms in total. The molecule has 1 saturated heterocycles. The average molecular weight is 269 g/mol. The molecule has 2 rings (SSSR count). The molecule has 18 heavy (non-hydrogen) atoms. The van der Waals surface area contributed by atoms with E-state index in [0.717, 1.165) is 31.9 Å². The molecule has 0 radical (unpaired) electrons. The van der Waals surface area contributed by atoms with E-state index in [1.807, 2.05) is 6.07 Å². The first-order chi connectivity index (χ1) is 8.61. The molecule has 0 aliphatic carbocycles. The van der Waals surface area contributed by atoms with E-state index in [1.54, 1.807) is 12.1 Å². The van der Waals surface area contributed by atoms with Crippen molar-refractivity contribution in [2.45, 2.75) is 0 Å². The zero-order valence-corrected chi connectivity index (χ0v) is 11.4. The molecule has 1 fully saturated rings. The second-order valence-corrected chi connectivity index (χ2v) is 4.86. The largest absolute Gasteiger partial charge is 0.465 e. The van der Waals surface area contributed by atoms with Crippen molar-refractivity contribution >= 4 is 23.3 Å². The van der Waals surface area contributed by atoms with Gasteiger partial charge in [-0.1, -0.05) is 11.6 Å². The first kappa shape index (κ1) is 13.2. The maximum absolute atomic E-state index is 11.4. The highest BCUT2D eigenvalue weighted by Gasteiger charge is 2.17. The van der Waals surface area contributed by atoms with Gasteiger partial charge in [-0.3, -0.25) is 0 Å². The SMILES string of the molecule is COC(=O)c1ccc(N2CCN(C)CC2)c(Cl)c1. The van der Waals surface area contributed by atoms with E-state index in [0.29, 0.717) is 10.6 Å². The summed E-state index contributed by atoms with van der Waals surface area (Å²) in [7, 11) is 3.48. The van der Waals surface area contributed by atoms with Crippen molar-refractivity contribution in [2.24, 2.45) is 0 Å². The molecule has 0 amide bonds. The first-order valence-electron chi connectivity index (χ1n) is 5.93. The molecule has 98 valence electrons. The minimum absolute atomic E-state index is 0.359. The van der Waals surface area contributed by atoms with Crippen LogP contribution in [-0.2, 0) is 4.74 Å². The van der Waals surface area contributed by atoms with Crippen molar-refractivity contribution < 1.29 is 9.53 Å². The van der Waals surface area contributed by atoms with Crippen LogP contribution in [0.5, 0.6) is 0 Å². The number of nitrogens with zero attached hydrogens (tertiary/aromatic N) is 2. The third-order valence-corrected chi connectivity index (χ3v) is 3.52. The molecular weight excluding hydrogens is 252 g/mol. The lowest BCUT2D eigenvalue weighted by Crippen LogP contribution is -2.44. The number of benzene rings is 1. The summed E-state index contributed by atoms with van der Waals surface area (Å²) in [5.41, 5.74) is 1.47. The van der Waals surface area contributed by atoms with Crippen LogP contribution in [0.2, 0.25) is 5.02 Å². The van der Waals surface area contributed by atoms with Gasteiger partial charge in [0.25, 0.3) is 0 Å². The van der Waals surface area contributed by atoms with Crippen molar-refractivity contribution in [3.63, 3.8) is 0 Å². The highest BCUT2D eigenvalue weighted by molar-refractivity contribution is 6.33. The number of carbonyl (C=O) groups is 1. The molecular formula is C13H17ClN2O2. The van der Waals surface area contributed by atoms with Crippen LogP contribution in [0.4, 0.5) is 5.69 Å². The summed E-state index contributed by atoms with van der Waals surface area (Å²) < 4.78 is 4.67. The Hall–Kier alpha value is -1.26. The van der Waals surface area contributed by atoms with Crippen LogP contribution in [0.3, 0.4) is 0 Å². The number of hydrogen-bond acceptors (Lipinski definition) is 4. The lowest BCUT2D eigenvalue weighted by molar-refractivity contribution is 0.0601. The highest BCUT2D eigenvalue weighted by atomic mass is 35.5. The van der Waals surface area contributed by atoms with Gasteiger partial charge >= 0.3 is 5.97 Å². The number of piperazine rings is 1. The number of anilines is 1. The van der Waals surface area contributed by atoms with Crippen molar-refractivity contribution in [3.8, 4) is 0 Å². The number of esters is 1. The number of rotatable bonds is 2. The Morgan fingerprint density at radius 1 is 1.28 bits per heavy atom. The molecule has 0 unspecified atom stereocenters. The minimum Gasteiger partial charge on any atom is -0.465 e. The van der Waals surface area contributed by atoms with E-state index in [4.69, 9.17) is 11.6 Å². The lowest BCUT2D eigenvalue weighted by atomic mass is 10.2. The number of hydrogen-bond donors (Lipinski definition) is 0. The van der Waals surface area contributed by atoms with Gasteiger partial charge in [0.15, 0.2) is 0 Å². The summed E-state index contributed by atoms with van der Waals surface area (Å²) >= 11 is 6.24. The third kappa shape index (κ3) is 2.76. The fourth-order valence-corrected chi connectivity index (χ4v) is 2.36. The maximum atomic E-state index is 11.4. The normalized spacial score (nSPS) is 16.7. The number of carbonyl (C=O) groups excluding carboxylic acids is 1. The monoisotopic (exact) mass is 268 g/mol. The summed E-state index contributed by atoms with van der Waals surface area (Å²) in [6, 6.07) is 5.31. The standard InChI is InChI=1S/C13H17ClN2O2/c1-15-5-7-16(8-6-15)12-4-3-10(9-11(12)14)13(17)18-2/h3-4,9H,5-8H2,1-2H3. The van der Waals surface area contributed by atoms with Crippen molar-refractivity contribution in [3.05, 3.63) is 28.8 Å². The van der Waals surface area contributed by atoms with Gasteiger partial charge in [-0.25, -0.2) is 4.79 Å². The molecule has 0 atom stereocenters. The lowest BCUT2D eigenvalue weighted by Gasteiger charge is -2.34. The van der Waals surface area contributed by atoms with Crippen LogP contribution >= 0.6 is 11.6 Å². The summed E-state index contributed by atoms with van der Waals surface area (Å²) in [5, 5.41) is 0.599. The van der Waals surface area contributed by atoms with E-state index in [2.05, 4.69) is 21.6 Å². The third-order valence-electron chi connectivity index (χ3n) is 3.21. The van der Waals surface area contributed by atoms with Gasteiger partial charge in [-0.2, -0.15) is 0 Å². The molecule has 0 spiro atoms. The van der Waals surface area contributed by atoms with Crippen LogP contribution < -0.4 is 4.90 Å². The summed E-state index contributed by atoms with van der Waals surface area (Å²) in [6.07, 6.45) is 0. The van der Waals surface area contributed by atoms with Gasteiger partial charge in [-0.15, -0.1) is 0 Å². The molecule has 1 aliphatic rings. The Kier molecular flexibility index (Phi) is 4.09. The summed E-state index contributed by atoms with van der Waals surface area (Å²) in [5.74, 6) is -0.359. The molecule has 0 bridgehead atoms. The van der Waals surface area contributed by atoms with Gasteiger partial charge in [0.1, 0.15) is 0 Å². The summed E-state index contributed by atoms with van der Waals surface area (Å²) in [4.78, 5) is 15.9.